The van der Waals surface area contributed by atoms with E-state index in [1.807, 2.05) is 0 Å². The molecule has 9 N–H and O–H groups in total. The number of hydrazone groups is 1. The van der Waals surface area contributed by atoms with Crippen molar-refractivity contribution in [2.75, 3.05) is 18.7 Å². The first-order chi connectivity index (χ1) is 29.1. The van der Waals surface area contributed by atoms with Gasteiger partial charge in [-0.25, -0.2) is 19.5 Å². The van der Waals surface area contributed by atoms with Crippen molar-refractivity contribution in [1.82, 2.24) is 34.8 Å². The Kier molecular flexibility index (Phi) is 21.9. The minimum Gasteiger partial charge on any atom is -0.400 e. The first-order valence-electron chi connectivity index (χ1n) is 20.4. The number of nitrogen functional groups attached to an aromatic ring is 1. The average Bonchev–Trinajstić information content (AvgIpc) is 3.67. The van der Waals surface area contributed by atoms with Crippen LogP contribution in [0.4, 0.5) is 5.95 Å². The second-order valence-corrected chi connectivity index (χ2v) is 15.0. The van der Waals surface area contributed by atoms with Crippen molar-refractivity contribution < 1.29 is 35.9 Å². The molecule has 3 heterocycles. The van der Waals surface area contributed by atoms with Gasteiger partial charge in [-0.2, -0.15) is 10.2 Å². The average molecular weight is 1040 g/mol. The zero-order valence-electron chi connectivity index (χ0n) is 43.1. The fourth-order valence-corrected chi connectivity index (χ4v) is 3.05. The number of aliphatic hydroxyl groups is 1. The van der Waals surface area contributed by atoms with Gasteiger partial charge in [-0.1, -0.05) is 115 Å². The van der Waals surface area contributed by atoms with Gasteiger partial charge in [-0.15, -0.1) is 21.8 Å². The van der Waals surface area contributed by atoms with E-state index in [-0.39, 0.29) is 29.4 Å². The van der Waals surface area contributed by atoms with Gasteiger partial charge in [0.1, 0.15) is 15.8 Å². The SMILES string of the molecule is BrBr.CO.NN=C(N)N.O=CCCl.[2H]C([2H])([2H])C(C)(C)C(=O)C(Br)Br.[2H]C([2H])([2H])C(C)(C)C(C)=O.[2H]C([2H])([2H])C(C)(C)c1cnn2ccnc2n1.[2H]C([2H])([2H])C(C)(C)c1cnnc(N)n1. The number of alkyl halides is 3. The van der Waals surface area contributed by atoms with Gasteiger partial charge in [-0.05, 0) is 6.92 Å². The van der Waals surface area contributed by atoms with E-state index in [9.17, 15) is 9.59 Å². The molecule has 0 aliphatic heterocycles. The Labute approximate surface area is 368 Å². The summed E-state index contributed by atoms with van der Waals surface area (Å²) in [6, 6.07) is 0. The number of hydrogen-bond acceptors (Lipinski definition) is 13. The smallest absolute Gasteiger partial charge is 0.250 e. The summed E-state index contributed by atoms with van der Waals surface area (Å²) in [7, 11) is 1.00. The highest BCUT2D eigenvalue weighted by molar-refractivity contribution is 9.93. The summed E-state index contributed by atoms with van der Waals surface area (Å²) in [5.74, 6) is 4.25. The van der Waals surface area contributed by atoms with Crippen LogP contribution in [0.1, 0.15) is 118 Å². The summed E-state index contributed by atoms with van der Waals surface area (Å²) < 4.78 is 87.7. The van der Waals surface area contributed by atoms with E-state index >= 15 is 0 Å². The van der Waals surface area contributed by atoms with E-state index in [1.54, 1.807) is 40.1 Å². The van der Waals surface area contributed by atoms with E-state index in [0.717, 1.165) is 7.11 Å². The topological polar surface area (TPSA) is 270 Å². The standard InChI is InChI=1S/C9H12N4.C7H12N4.C6H10Br2O.C6H12O.C2H3ClO.CH6N4.CH4O.Br2/c1-9(2,3)7-6-11-13-5-4-10-8(13)12-7;1-7(2,3)5-4-9-11-6(8)10-5;1-6(2,3)4(9)5(7)8;1-5(7)6(2,3)4;3-1-2-4;2-1(3)5-4;2*1-2/h4-6H,1-3H3;4H,1-3H3,(H2,8,10,11);5H,1-3H3;1-4H3;2H,1H2;4H2,(H4,2,3,5);2H,1H3;/i3*1D3;2D3;;;;. The van der Waals surface area contributed by atoms with Gasteiger partial charge in [0.2, 0.25) is 11.9 Å². The molecule has 0 unspecified atom stereocenters. The fourth-order valence-electron chi connectivity index (χ4n) is 1.91. The third kappa shape index (κ3) is 33.9. The minimum absolute atomic E-state index is 0.0141. The number of Topliss-reactive ketones (excluding diaryl/α,β-unsaturated/α-hetero) is 2. The van der Waals surface area contributed by atoms with E-state index in [2.05, 4.69) is 101 Å². The number of ketones is 2. The lowest BCUT2D eigenvalue weighted by molar-refractivity contribution is -0.124. The van der Waals surface area contributed by atoms with E-state index < -0.39 is 52.8 Å². The maximum atomic E-state index is 11.4. The van der Waals surface area contributed by atoms with Gasteiger partial charge in [0.15, 0.2) is 5.78 Å². The molecule has 0 aliphatic rings. The quantitative estimate of drug-likeness (QED) is 0.0466. The third-order valence-electron chi connectivity index (χ3n) is 4.89. The molecule has 0 saturated carbocycles. The molecule has 0 bridgehead atoms. The van der Waals surface area contributed by atoms with Crippen LogP contribution in [0.2, 0.25) is 0 Å². The first-order valence-corrected chi connectivity index (χ1v) is 20.5. The van der Waals surface area contributed by atoms with Gasteiger partial charge >= 0.3 is 0 Å². The van der Waals surface area contributed by atoms with Crippen molar-refractivity contribution in [3.63, 3.8) is 0 Å². The lowest BCUT2D eigenvalue weighted by Crippen LogP contribution is -2.24. The molecule has 21 heteroatoms. The van der Waals surface area contributed by atoms with E-state index in [0.29, 0.717) is 23.5 Å². The molecule has 3 aromatic rings. The van der Waals surface area contributed by atoms with Gasteiger partial charge < -0.3 is 32.9 Å². The number of carbonyl (C=O) groups excluding carboxylic acids is 3. The number of rotatable bonds is 2. The monoisotopic (exact) mass is 1040 g/mol. The number of anilines is 1. The van der Waals surface area contributed by atoms with Crippen LogP contribution in [0.3, 0.4) is 0 Å². The number of nitrogens with zero attached hydrogens (tertiary/aromatic N) is 8. The summed E-state index contributed by atoms with van der Waals surface area (Å²) in [4.78, 5) is 43.2. The Morgan fingerprint density at radius 3 is 1.72 bits per heavy atom. The van der Waals surface area contributed by atoms with E-state index in [4.69, 9.17) is 55.2 Å². The lowest BCUT2D eigenvalue weighted by Gasteiger charge is -2.16. The zero-order chi connectivity index (χ0) is 53.4. The number of halogens is 5. The first kappa shape index (κ1) is 37.5. The third-order valence-corrected chi connectivity index (χ3v) is 5.85. The highest BCUT2D eigenvalue weighted by Crippen LogP contribution is 2.23. The molecule has 0 fully saturated rings. The van der Waals surface area contributed by atoms with Crippen molar-refractivity contribution in [3.05, 3.63) is 36.2 Å². The van der Waals surface area contributed by atoms with Crippen LogP contribution in [0.25, 0.3) is 5.78 Å². The van der Waals surface area contributed by atoms with Crippen molar-refractivity contribution in [1.29, 1.82) is 0 Å². The lowest BCUT2D eigenvalue weighted by atomic mass is 9.92. The van der Waals surface area contributed by atoms with Gasteiger partial charge in [-0.3, -0.25) is 9.59 Å². The van der Waals surface area contributed by atoms with Crippen LogP contribution in [0, 0.1) is 10.8 Å². The number of nitrogens with two attached hydrogens (primary N) is 4. The van der Waals surface area contributed by atoms with Gasteiger partial charge in [0, 0.05) is 79.7 Å². The molecule has 0 aromatic carbocycles. The molecule has 306 valence electrons. The molecule has 53 heavy (non-hydrogen) atoms. The number of guanidine groups is 1. The number of aldehydes is 1. The van der Waals surface area contributed by atoms with E-state index in [1.165, 1.54) is 51.5 Å². The Bertz CT molecular complexity index is 1880. The Morgan fingerprint density at radius 1 is 0.962 bits per heavy atom. The zero-order valence-corrected chi connectivity index (χ0v) is 38.2. The molecule has 16 nitrogen and oxygen atoms in total. The van der Waals surface area contributed by atoms with Crippen LogP contribution in [-0.2, 0) is 25.2 Å². The highest BCUT2D eigenvalue weighted by Gasteiger charge is 2.25. The number of aromatic nitrogens is 7. The molecule has 3 rings (SSSR count). The minimum atomic E-state index is -2.26. The van der Waals surface area contributed by atoms with Crippen molar-refractivity contribution in [3.8, 4) is 0 Å². The Hall–Kier alpha value is -2.39. The second kappa shape index (κ2) is 30.9. The predicted octanol–water partition coefficient (Wildman–Crippen LogP) is 6.37. The second-order valence-electron chi connectivity index (χ2n) is 11.6. The maximum Gasteiger partial charge on any atom is 0.250 e. The molecule has 0 atom stereocenters. The number of hydrogen-bond donors (Lipinski definition) is 5. The number of aliphatic hydroxyl groups excluding tert-OH is 1. The molecule has 3 aromatic heterocycles. The molecule has 0 radical (unpaired) electrons. The number of imidazole rings is 1. The number of carbonyl (C=O) groups is 3. The normalized spacial score (nSPS) is 14.6. The summed E-state index contributed by atoms with van der Waals surface area (Å²) in [5.41, 5.74) is 10.8. The largest absolute Gasteiger partial charge is 0.400 e. The molecular formula is C32H59Br4ClN12O4. The van der Waals surface area contributed by atoms with Crippen LogP contribution in [0.5, 0.6) is 0 Å². The summed E-state index contributed by atoms with van der Waals surface area (Å²) in [6.07, 6.45) is 6.67. The maximum absolute atomic E-state index is 11.4. The van der Waals surface area contributed by atoms with Crippen LogP contribution < -0.4 is 23.0 Å². The van der Waals surface area contributed by atoms with Crippen molar-refractivity contribution in [2.45, 2.75) is 104 Å². The molecule has 0 spiro atoms. The van der Waals surface area contributed by atoms with Gasteiger partial charge in [0.05, 0.1) is 35.9 Å². The van der Waals surface area contributed by atoms with Crippen molar-refractivity contribution >= 4 is 107 Å². The molecule has 0 saturated heterocycles. The summed E-state index contributed by atoms with van der Waals surface area (Å²) >= 11 is 16.3. The van der Waals surface area contributed by atoms with Crippen molar-refractivity contribution in [2.24, 2.45) is 33.2 Å². The van der Waals surface area contributed by atoms with Gasteiger partial charge in [0.25, 0.3) is 5.78 Å². The summed E-state index contributed by atoms with van der Waals surface area (Å²) in [5, 5.41) is 21.0. The Morgan fingerprint density at radius 2 is 1.42 bits per heavy atom. The molecule has 0 amide bonds. The van der Waals surface area contributed by atoms with Crippen LogP contribution >= 0.6 is 71.7 Å². The molecular weight excluding hydrogens is 972 g/mol. The summed E-state index contributed by atoms with van der Waals surface area (Å²) in [6.45, 7) is 4.69. The van der Waals surface area contributed by atoms with Crippen LogP contribution in [0.15, 0.2) is 29.9 Å². The predicted molar refractivity (Wildman–Crippen MR) is 231 cm³/mol. The highest BCUT2D eigenvalue weighted by atomic mass is 80.9. The Balaban J connectivity index is -0.000000228. The number of fused-ring (bicyclic) bond motifs is 1. The molecule has 0 aliphatic carbocycles. The fraction of sp³-hybridized carbons (Fsp3) is 0.625. The van der Waals surface area contributed by atoms with Crippen LogP contribution in [-0.4, -0.2) is 80.4 Å².